The van der Waals surface area contributed by atoms with Gasteiger partial charge in [0.1, 0.15) is 11.8 Å². The van der Waals surface area contributed by atoms with E-state index in [0.717, 1.165) is 11.0 Å². The zero-order valence-electron chi connectivity index (χ0n) is 6.17. The first-order valence-electron chi connectivity index (χ1n) is 3.49. The smallest absolute Gasteiger partial charge is 0.135 e. The summed E-state index contributed by atoms with van der Waals surface area (Å²) in [7, 11) is 0. The van der Waals surface area contributed by atoms with Crippen molar-refractivity contribution in [3.8, 4) is 12.1 Å². The molecule has 2 rings (SSSR count). The first kappa shape index (κ1) is 6.93. The van der Waals surface area contributed by atoms with Crippen molar-refractivity contribution in [3.05, 3.63) is 36.1 Å². The maximum Gasteiger partial charge on any atom is 0.135 e. The molecule has 0 radical (unpaired) electrons. The minimum absolute atomic E-state index is 0.625. The molecule has 0 aliphatic heterocycles. The second-order valence-corrected chi connectivity index (χ2v) is 2.39. The fourth-order valence-corrected chi connectivity index (χ4v) is 1.09. The Kier molecular flexibility index (Phi) is 1.56. The second-order valence-electron chi connectivity index (χ2n) is 2.39. The van der Waals surface area contributed by atoms with Gasteiger partial charge in [0.05, 0.1) is 6.26 Å². The van der Waals surface area contributed by atoms with E-state index in [4.69, 9.17) is 4.42 Å². The molecule has 0 fully saturated rings. The summed E-state index contributed by atoms with van der Waals surface area (Å²) in [5.74, 6) is 2.31. The lowest BCUT2D eigenvalue weighted by Crippen LogP contribution is -1.71. The number of furan rings is 1. The molecular formula is C10H5FO. The maximum atomic E-state index is 11.6. The number of rotatable bonds is 0. The van der Waals surface area contributed by atoms with Crippen molar-refractivity contribution in [2.75, 3.05) is 0 Å². The Hall–Kier alpha value is -1.75. The molecule has 58 valence electrons. The summed E-state index contributed by atoms with van der Waals surface area (Å²) in [6.45, 7) is 0. The van der Waals surface area contributed by atoms with E-state index < -0.39 is 0 Å². The van der Waals surface area contributed by atoms with Gasteiger partial charge in [-0.3, -0.25) is 0 Å². The third-order valence-electron chi connectivity index (χ3n) is 1.65. The highest BCUT2D eigenvalue weighted by atomic mass is 19.1. The SMILES string of the molecule is FC#Cc1ccc2ccoc2c1. The predicted octanol–water partition coefficient (Wildman–Crippen LogP) is 2.71. The van der Waals surface area contributed by atoms with E-state index in [0.29, 0.717) is 5.56 Å². The number of hydrogen-bond acceptors (Lipinski definition) is 1. The quantitative estimate of drug-likeness (QED) is 0.540. The molecule has 1 heterocycles. The van der Waals surface area contributed by atoms with Gasteiger partial charge in [-0.2, -0.15) is 0 Å². The summed E-state index contributed by atoms with van der Waals surface area (Å²) in [6, 6.07) is 7.16. The summed E-state index contributed by atoms with van der Waals surface area (Å²) < 4.78 is 16.7. The van der Waals surface area contributed by atoms with Crippen LogP contribution >= 0.6 is 0 Å². The Morgan fingerprint density at radius 3 is 3.00 bits per heavy atom. The van der Waals surface area contributed by atoms with Gasteiger partial charge in [0.25, 0.3) is 0 Å². The molecule has 0 amide bonds. The van der Waals surface area contributed by atoms with Gasteiger partial charge in [-0.1, -0.05) is 0 Å². The molecule has 0 N–H and O–H groups in total. The first-order chi connectivity index (χ1) is 5.90. The van der Waals surface area contributed by atoms with Crippen LogP contribution < -0.4 is 0 Å². The van der Waals surface area contributed by atoms with Crippen molar-refractivity contribution in [3.63, 3.8) is 0 Å². The number of halogens is 1. The highest BCUT2D eigenvalue weighted by Crippen LogP contribution is 2.16. The molecule has 0 atom stereocenters. The summed E-state index contributed by atoms with van der Waals surface area (Å²) in [4.78, 5) is 0. The molecule has 0 saturated heterocycles. The van der Waals surface area contributed by atoms with Crippen LogP contribution in [0.25, 0.3) is 11.0 Å². The van der Waals surface area contributed by atoms with Crippen LogP contribution in [0.5, 0.6) is 0 Å². The normalized spacial score (nSPS) is 9.42. The average molecular weight is 160 g/mol. The lowest BCUT2D eigenvalue weighted by molar-refractivity contribution is 0.616. The first-order valence-corrected chi connectivity index (χ1v) is 3.49. The average Bonchev–Trinajstić information content (AvgIpc) is 2.51. The molecule has 1 nitrogen and oxygen atoms in total. The monoisotopic (exact) mass is 160 g/mol. The van der Waals surface area contributed by atoms with E-state index in [1.807, 2.05) is 12.1 Å². The standard InChI is InChI=1S/C10H5FO/c11-5-3-8-1-2-9-4-6-12-10(9)7-8/h1-2,4,6-7H. The molecule has 0 aliphatic carbocycles. The van der Waals surface area contributed by atoms with Gasteiger partial charge in [0.15, 0.2) is 0 Å². The summed E-state index contributed by atoms with van der Waals surface area (Å²) >= 11 is 0. The minimum atomic E-state index is 0.625. The molecule has 0 saturated carbocycles. The van der Waals surface area contributed by atoms with Gasteiger partial charge in [-0.15, -0.1) is 4.39 Å². The van der Waals surface area contributed by atoms with E-state index in [1.165, 1.54) is 6.17 Å². The van der Waals surface area contributed by atoms with Crippen LogP contribution in [0.3, 0.4) is 0 Å². The summed E-state index contributed by atoms with van der Waals surface area (Å²) in [5.41, 5.74) is 1.36. The molecule has 0 aliphatic rings. The summed E-state index contributed by atoms with van der Waals surface area (Å²) in [6.07, 6.45) is 2.94. The second kappa shape index (κ2) is 2.71. The van der Waals surface area contributed by atoms with Crippen molar-refractivity contribution >= 4 is 11.0 Å². The summed E-state index contributed by atoms with van der Waals surface area (Å²) in [5, 5.41) is 0.999. The molecule has 1 aromatic carbocycles. The van der Waals surface area contributed by atoms with Crippen molar-refractivity contribution in [1.82, 2.24) is 0 Å². The Morgan fingerprint density at radius 1 is 1.25 bits per heavy atom. The largest absolute Gasteiger partial charge is 0.464 e. The van der Waals surface area contributed by atoms with Gasteiger partial charge in [0, 0.05) is 10.9 Å². The highest BCUT2D eigenvalue weighted by Gasteiger charge is 1.95. The Balaban J connectivity index is 2.65. The van der Waals surface area contributed by atoms with E-state index >= 15 is 0 Å². The van der Waals surface area contributed by atoms with Gasteiger partial charge < -0.3 is 4.42 Å². The Labute approximate surface area is 68.8 Å². The Morgan fingerprint density at radius 2 is 2.17 bits per heavy atom. The van der Waals surface area contributed by atoms with Crippen LogP contribution in [0.4, 0.5) is 4.39 Å². The molecule has 0 unspecified atom stereocenters. The van der Waals surface area contributed by atoms with Crippen LogP contribution in [-0.4, -0.2) is 0 Å². The fraction of sp³-hybridized carbons (Fsp3) is 0. The minimum Gasteiger partial charge on any atom is -0.464 e. The molecule has 1 aromatic heterocycles. The zero-order chi connectivity index (χ0) is 8.39. The van der Waals surface area contributed by atoms with E-state index in [1.54, 1.807) is 18.4 Å². The lowest BCUT2D eigenvalue weighted by Gasteiger charge is -1.88. The van der Waals surface area contributed by atoms with Crippen LogP contribution in [0, 0.1) is 12.1 Å². The van der Waals surface area contributed by atoms with Gasteiger partial charge in [-0.25, -0.2) is 0 Å². The van der Waals surface area contributed by atoms with Crippen molar-refractivity contribution < 1.29 is 8.81 Å². The fourth-order valence-electron chi connectivity index (χ4n) is 1.09. The van der Waals surface area contributed by atoms with Crippen molar-refractivity contribution in [1.29, 1.82) is 0 Å². The van der Waals surface area contributed by atoms with Crippen LogP contribution in [-0.2, 0) is 0 Å². The molecule has 2 heteroatoms. The van der Waals surface area contributed by atoms with Crippen LogP contribution in [0.15, 0.2) is 34.9 Å². The zero-order valence-corrected chi connectivity index (χ0v) is 6.17. The number of fused-ring (bicyclic) bond motifs is 1. The topological polar surface area (TPSA) is 13.1 Å². The highest BCUT2D eigenvalue weighted by molar-refractivity contribution is 5.78. The van der Waals surface area contributed by atoms with Crippen LogP contribution in [0.2, 0.25) is 0 Å². The molecule has 12 heavy (non-hydrogen) atoms. The lowest BCUT2D eigenvalue weighted by atomic mass is 10.2. The van der Waals surface area contributed by atoms with Crippen molar-refractivity contribution in [2.45, 2.75) is 0 Å². The van der Waals surface area contributed by atoms with E-state index in [-0.39, 0.29) is 0 Å². The predicted molar refractivity (Wildman–Crippen MR) is 44.2 cm³/mol. The third-order valence-corrected chi connectivity index (χ3v) is 1.65. The number of benzene rings is 1. The van der Waals surface area contributed by atoms with Crippen LogP contribution in [0.1, 0.15) is 5.56 Å². The van der Waals surface area contributed by atoms with Gasteiger partial charge >= 0.3 is 0 Å². The molecule has 0 bridgehead atoms. The van der Waals surface area contributed by atoms with Gasteiger partial charge in [-0.05, 0) is 30.2 Å². The Bertz CT molecular complexity index is 459. The third kappa shape index (κ3) is 1.06. The van der Waals surface area contributed by atoms with Gasteiger partial charge in [0.2, 0.25) is 0 Å². The molecule has 2 aromatic rings. The van der Waals surface area contributed by atoms with E-state index in [2.05, 4.69) is 5.92 Å². The van der Waals surface area contributed by atoms with Crippen molar-refractivity contribution in [2.24, 2.45) is 0 Å². The molecule has 0 spiro atoms. The number of hydrogen-bond donors (Lipinski definition) is 0. The maximum absolute atomic E-state index is 11.6. The molecular weight excluding hydrogens is 155 g/mol. The van der Waals surface area contributed by atoms with E-state index in [9.17, 15) is 4.39 Å².